The van der Waals surface area contributed by atoms with Crippen molar-refractivity contribution in [2.24, 2.45) is 5.92 Å². The van der Waals surface area contributed by atoms with Gasteiger partial charge in [-0.05, 0) is 29.3 Å². The van der Waals surface area contributed by atoms with Crippen molar-refractivity contribution >= 4 is 21.7 Å². The van der Waals surface area contributed by atoms with Crippen LogP contribution in [0.4, 0.5) is 0 Å². The van der Waals surface area contributed by atoms with E-state index in [0.717, 1.165) is 34.4 Å². The summed E-state index contributed by atoms with van der Waals surface area (Å²) in [4.78, 5) is 12.5. The van der Waals surface area contributed by atoms with Crippen LogP contribution in [0.1, 0.15) is 42.5 Å². The van der Waals surface area contributed by atoms with Crippen LogP contribution in [-0.4, -0.2) is 15.6 Å². The van der Waals surface area contributed by atoms with Gasteiger partial charge in [-0.3, -0.25) is 9.48 Å². The number of halogens is 1. The van der Waals surface area contributed by atoms with Gasteiger partial charge in [0, 0.05) is 24.4 Å². The summed E-state index contributed by atoms with van der Waals surface area (Å²) in [7, 11) is 0. The third-order valence-corrected chi connectivity index (χ3v) is 4.61. The second-order valence-corrected chi connectivity index (χ2v) is 6.01. The van der Waals surface area contributed by atoms with Crippen molar-refractivity contribution in [3.8, 4) is 0 Å². The number of hydrogen-bond acceptors (Lipinski definition) is 2. The first-order valence-electron chi connectivity index (χ1n) is 7.41. The Morgan fingerprint density at radius 3 is 2.52 bits per heavy atom. The first kappa shape index (κ1) is 16.0. The van der Waals surface area contributed by atoms with E-state index in [1.54, 1.807) is 0 Å². The van der Waals surface area contributed by atoms with Gasteiger partial charge in [-0.25, -0.2) is 0 Å². The summed E-state index contributed by atoms with van der Waals surface area (Å²) in [6.07, 6.45) is 1.59. The highest BCUT2D eigenvalue weighted by molar-refractivity contribution is 9.10. The van der Waals surface area contributed by atoms with E-state index in [9.17, 15) is 4.79 Å². The quantitative estimate of drug-likeness (QED) is 0.729. The van der Waals surface area contributed by atoms with Crippen LogP contribution in [0.2, 0.25) is 0 Å². The van der Waals surface area contributed by atoms with Gasteiger partial charge in [-0.1, -0.05) is 44.2 Å². The van der Waals surface area contributed by atoms with Crippen LogP contribution >= 0.6 is 15.9 Å². The molecule has 2 rings (SSSR count). The molecule has 0 aliphatic rings. The van der Waals surface area contributed by atoms with E-state index < -0.39 is 0 Å². The molecule has 4 heteroatoms. The molecule has 0 saturated heterocycles. The molecule has 0 aliphatic heterocycles. The number of carbonyl (C=O) groups is 1. The third kappa shape index (κ3) is 3.43. The summed E-state index contributed by atoms with van der Waals surface area (Å²) in [6.45, 7) is 6.97. The highest BCUT2D eigenvalue weighted by Gasteiger charge is 2.21. The highest BCUT2D eigenvalue weighted by atomic mass is 79.9. The van der Waals surface area contributed by atoms with E-state index in [4.69, 9.17) is 0 Å². The second-order valence-electron chi connectivity index (χ2n) is 5.21. The van der Waals surface area contributed by atoms with Gasteiger partial charge in [0.1, 0.15) is 0 Å². The molecule has 0 amide bonds. The Labute approximate surface area is 134 Å². The fraction of sp³-hybridized carbons (Fsp3) is 0.412. The van der Waals surface area contributed by atoms with Crippen LogP contribution in [0.5, 0.6) is 0 Å². The maximum absolute atomic E-state index is 12.5. The number of benzene rings is 1. The maximum Gasteiger partial charge on any atom is 0.166 e. The van der Waals surface area contributed by atoms with Gasteiger partial charge in [0.25, 0.3) is 0 Å². The molecule has 0 radical (unpaired) electrons. The minimum absolute atomic E-state index is 0.0598. The van der Waals surface area contributed by atoms with Crippen LogP contribution < -0.4 is 0 Å². The van der Waals surface area contributed by atoms with Gasteiger partial charge in [0.2, 0.25) is 0 Å². The molecule has 1 unspecified atom stereocenters. The van der Waals surface area contributed by atoms with E-state index >= 15 is 0 Å². The van der Waals surface area contributed by atoms with E-state index in [1.807, 2.05) is 41.9 Å². The molecule has 0 N–H and O–H groups in total. The van der Waals surface area contributed by atoms with Gasteiger partial charge >= 0.3 is 0 Å². The number of hydrogen-bond donors (Lipinski definition) is 0. The minimum atomic E-state index is -0.0598. The Hall–Kier alpha value is -1.42. The largest absolute Gasteiger partial charge is 0.294 e. The molecule has 0 bridgehead atoms. The van der Waals surface area contributed by atoms with Crippen LogP contribution in [0.15, 0.2) is 34.8 Å². The number of aromatic nitrogens is 2. The van der Waals surface area contributed by atoms with Crippen molar-refractivity contribution < 1.29 is 4.79 Å². The fourth-order valence-electron chi connectivity index (χ4n) is 2.48. The predicted molar refractivity (Wildman–Crippen MR) is 88.6 cm³/mol. The molecule has 2 aromatic rings. The molecule has 21 heavy (non-hydrogen) atoms. The molecule has 1 heterocycles. The highest BCUT2D eigenvalue weighted by Crippen LogP contribution is 2.25. The van der Waals surface area contributed by atoms with Crippen molar-refractivity contribution in [3.05, 3.63) is 51.8 Å². The minimum Gasteiger partial charge on any atom is -0.294 e. The van der Waals surface area contributed by atoms with Crippen LogP contribution in [0.25, 0.3) is 0 Å². The molecule has 3 nitrogen and oxygen atoms in total. The van der Waals surface area contributed by atoms with Crippen molar-refractivity contribution in [2.75, 3.05) is 0 Å². The normalized spacial score (nSPS) is 12.4. The molecule has 0 aliphatic carbocycles. The maximum atomic E-state index is 12.5. The first-order chi connectivity index (χ1) is 10.1. The lowest BCUT2D eigenvalue weighted by Gasteiger charge is -2.12. The standard InChI is InChI=1S/C17H21BrN2O/c1-4-14-16(18)15(20(5-2)19-14)11-12(3)17(21)13-9-7-6-8-10-13/h6-10,12H,4-5,11H2,1-3H3. The van der Waals surface area contributed by atoms with Crippen LogP contribution in [-0.2, 0) is 19.4 Å². The number of Topliss-reactive ketones (excluding diaryl/α,β-unsaturated/α-hetero) is 1. The molecule has 1 atom stereocenters. The number of carbonyl (C=O) groups excluding carboxylic acids is 1. The lowest BCUT2D eigenvalue weighted by molar-refractivity contribution is 0.0928. The van der Waals surface area contributed by atoms with Crippen molar-refractivity contribution in [1.82, 2.24) is 9.78 Å². The summed E-state index contributed by atoms with van der Waals surface area (Å²) < 4.78 is 3.05. The van der Waals surface area contributed by atoms with Crippen molar-refractivity contribution in [3.63, 3.8) is 0 Å². The van der Waals surface area contributed by atoms with Crippen molar-refractivity contribution in [2.45, 2.75) is 40.2 Å². The summed E-state index contributed by atoms with van der Waals surface area (Å²) >= 11 is 3.64. The average Bonchev–Trinajstić information content (AvgIpc) is 2.83. The summed E-state index contributed by atoms with van der Waals surface area (Å²) in [5.41, 5.74) is 2.96. The molecule has 1 aromatic heterocycles. The zero-order valence-electron chi connectivity index (χ0n) is 12.8. The van der Waals surface area contributed by atoms with Gasteiger partial charge < -0.3 is 0 Å². The molecule has 112 valence electrons. The average molecular weight is 349 g/mol. The first-order valence-corrected chi connectivity index (χ1v) is 8.21. The van der Waals surface area contributed by atoms with E-state index in [2.05, 4.69) is 34.9 Å². The molecule has 0 saturated carbocycles. The van der Waals surface area contributed by atoms with E-state index in [1.165, 1.54) is 0 Å². The number of rotatable bonds is 6. The molecular formula is C17H21BrN2O. The van der Waals surface area contributed by atoms with Crippen molar-refractivity contribution in [1.29, 1.82) is 0 Å². The smallest absolute Gasteiger partial charge is 0.166 e. The van der Waals surface area contributed by atoms with Gasteiger partial charge in [-0.15, -0.1) is 0 Å². The van der Waals surface area contributed by atoms with Gasteiger partial charge in [0.15, 0.2) is 5.78 Å². The second kappa shape index (κ2) is 7.03. The Bertz CT molecular complexity index is 619. The summed E-state index contributed by atoms with van der Waals surface area (Å²) in [5.74, 6) is 0.125. The zero-order chi connectivity index (χ0) is 15.4. The molecule has 1 aromatic carbocycles. The van der Waals surface area contributed by atoms with Gasteiger partial charge in [0.05, 0.1) is 15.9 Å². The number of nitrogens with zero attached hydrogens (tertiary/aromatic N) is 2. The fourth-order valence-corrected chi connectivity index (χ4v) is 3.21. The lowest BCUT2D eigenvalue weighted by atomic mass is 9.95. The molecule has 0 spiro atoms. The Kier molecular flexibility index (Phi) is 5.34. The zero-order valence-corrected chi connectivity index (χ0v) is 14.4. The third-order valence-electron chi connectivity index (χ3n) is 3.70. The number of ketones is 1. The van der Waals surface area contributed by atoms with Crippen LogP contribution in [0, 0.1) is 5.92 Å². The topological polar surface area (TPSA) is 34.9 Å². The Balaban J connectivity index is 2.22. The Morgan fingerprint density at radius 2 is 1.95 bits per heavy atom. The monoisotopic (exact) mass is 348 g/mol. The predicted octanol–water partition coefficient (Wildman–Crippen LogP) is 4.29. The number of aryl methyl sites for hydroxylation is 2. The SMILES string of the molecule is CCc1nn(CC)c(CC(C)C(=O)c2ccccc2)c1Br. The molecular weight excluding hydrogens is 328 g/mol. The summed E-state index contributed by atoms with van der Waals surface area (Å²) in [6, 6.07) is 9.49. The van der Waals surface area contributed by atoms with E-state index in [0.29, 0.717) is 6.42 Å². The van der Waals surface area contributed by atoms with Gasteiger partial charge in [-0.2, -0.15) is 5.10 Å². The van der Waals surface area contributed by atoms with E-state index in [-0.39, 0.29) is 11.7 Å². The lowest BCUT2D eigenvalue weighted by Crippen LogP contribution is -2.16. The van der Waals surface area contributed by atoms with Crippen LogP contribution in [0.3, 0.4) is 0 Å². The molecule has 0 fully saturated rings. The summed E-state index contributed by atoms with van der Waals surface area (Å²) in [5, 5.41) is 4.59. The Morgan fingerprint density at radius 1 is 1.29 bits per heavy atom.